The van der Waals surface area contributed by atoms with Crippen LogP contribution in [0.3, 0.4) is 0 Å². The van der Waals surface area contributed by atoms with Gasteiger partial charge in [0, 0.05) is 6.54 Å². The lowest BCUT2D eigenvalue weighted by molar-refractivity contribution is -0.119. The molecule has 0 saturated carbocycles. The molecule has 1 amide bonds. The number of aryl methyl sites for hydroxylation is 1. The van der Waals surface area contributed by atoms with Gasteiger partial charge in [0.15, 0.2) is 11.5 Å². The van der Waals surface area contributed by atoms with Gasteiger partial charge in [-0.25, -0.2) is 9.02 Å². The lowest BCUT2D eigenvalue weighted by Crippen LogP contribution is -2.35. The Hall–Kier alpha value is -3.05. The van der Waals surface area contributed by atoms with E-state index in [0.717, 1.165) is 17.5 Å². The highest BCUT2D eigenvalue weighted by atomic mass is 19.1. The molecule has 1 aromatic heterocycles. The van der Waals surface area contributed by atoms with Crippen LogP contribution in [-0.2, 0) is 11.2 Å². The number of aliphatic hydroxyl groups is 1. The number of hydrogen-bond acceptors (Lipinski definition) is 8. The molecular weight excluding hydrogens is 371 g/mol. The molecule has 1 aliphatic rings. The highest BCUT2D eigenvalue weighted by Crippen LogP contribution is 2.35. The van der Waals surface area contributed by atoms with Crippen molar-refractivity contribution >= 4 is 17.6 Å². The summed E-state index contributed by atoms with van der Waals surface area (Å²) in [6, 6.07) is 4.20. The first kappa shape index (κ1) is 19.7. The summed E-state index contributed by atoms with van der Waals surface area (Å²) in [6.07, 6.45) is 0.734. The van der Waals surface area contributed by atoms with Crippen molar-refractivity contribution in [3.05, 3.63) is 40.8 Å². The zero-order valence-electron chi connectivity index (χ0n) is 15.1. The van der Waals surface area contributed by atoms with Crippen molar-refractivity contribution in [2.75, 3.05) is 18.4 Å². The Morgan fingerprint density at radius 1 is 1.46 bits per heavy atom. The highest BCUT2D eigenvalue weighted by Gasteiger charge is 2.25. The Morgan fingerprint density at radius 3 is 3.04 bits per heavy atom. The second-order valence-corrected chi connectivity index (χ2v) is 6.46. The molecule has 150 valence electrons. The normalized spacial score (nSPS) is 17.1. The van der Waals surface area contributed by atoms with E-state index in [1.807, 2.05) is 5.48 Å². The minimum atomic E-state index is -0.662. The van der Waals surface area contributed by atoms with Crippen LogP contribution in [0.1, 0.15) is 36.2 Å². The number of benzene rings is 1. The Kier molecular flexibility index (Phi) is 6.16. The number of hydroxylamine groups is 1. The fraction of sp³-hybridized carbons (Fsp3) is 0.412. The quantitative estimate of drug-likeness (QED) is 0.261. The van der Waals surface area contributed by atoms with E-state index < -0.39 is 6.10 Å². The molecular formula is C17H21FN6O4. The largest absolute Gasteiger partial charge is 0.392 e. The molecule has 2 atom stereocenters. The third kappa shape index (κ3) is 4.61. The van der Waals surface area contributed by atoms with Crippen molar-refractivity contribution in [1.82, 2.24) is 21.1 Å². The van der Waals surface area contributed by atoms with Crippen LogP contribution in [0.15, 0.2) is 27.8 Å². The van der Waals surface area contributed by atoms with Crippen LogP contribution in [0.5, 0.6) is 0 Å². The van der Waals surface area contributed by atoms with Gasteiger partial charge in [0.1, 0.15) is 5.82 Å². The summed E-state index contributed by atoms with van der Waals surface area (Å²) in [7, 11) is 0. The number of amidine groups is 1. The Bertz CT molecular complexity index is 869. The van der Waals surface area contributed by atoms with Gasteiger partial charge in [0.2, 0.25) is 11.7 Å². The maximum Gasteiger partial charge on any atom is 0.239 e. The molecule has 0 radical (unpaired) electrons. The number of aliphatic imine (C=N–C) groups is 1. The minimum absolute atomic E-state index is 0.0183. The second kappa shape index (κ2) is 8.76. The number of anilines is 1. The number of carbonyl (C=O) groups is 1. The molecule has 10 nitrogen and oxygen atoms in total. The van der Waals surface area contributed by atoms with E-state index in [1.54, 1.807) is 13.0 Å². The lowest BCUT2D eigenvalue weighted by atomic mass is 10.1. The molecule has 0 aliphatic heterocycles. The van der Waals surface area contributed by atoms with Gasteiger partial charge in [0.25, 0.3) is 0 Å². The fourth-order valence-corrected chi connectivity index (χ4v) is 2.93. The van der Waals surface area contributed by atoms with Gasteiger partial charge in [-0.1, -0.05) is 6.07 Å². The average Bonchev–Trinajstić information content (AvgIpc) is 3.29. The summed E-state index contributed by atoms with van der Waals surface area (Å²) < 4.78 is 18.3. The molecule has 11 heteroatoms. The predicted octanol–water partition coefficient (Wildman–Crippen LogP) is 0.530. The van der Waals surface area contributed by atoms with E-state index in [2.05, 4.69) is 30.6 Å². The zero-order chi connectivity index (χ0) is 20.1. The molecule has 0 fully saturated rings. The minimum Gasteiger partial charge on any atom is -0.392 e. The van der Waals surface area contributed by atoms with Gasteiger partial charge < -0.3 is 15.7 Å². The summed E-state index contributed by atoms with van der Waals surface area (Å²) in [5.74, 6) is -0.640. The molecule has 1 heterocycles. The lowest BCUT2D eigenvalue weighted by Gasteiger charge is -2.10. The van der Waals surface area contributed by atoms with Gasteiger partial charge in [-0.3, -0.25) is 20.5 Å². The number of halogens is 1. The van der Waals surface area contributed by atoms with E-state index in [4.69, 9.17) is 0 Å². The second-order valence-electron chi connectivity index (χ2n) is 6.46. The van der Waals surface area contributed by atoms with Crippen LogP contribution in [0.25, 0.3) is 0 Å². The van der Waals surface area contributed by atoms with Gasteiger partial charge in [-0.05, 0) is 53.3 Å². The van der Waals surface area contributed by atoms with Crippen LogP contribution in [0.2, 0.25) is 0 Å². The molecule has 1 aromatic carbocycles. The number of carbonyl (C=O) groups excluding carboxylic acids is 1. The van der Waals surface area contributed by atoms with Crippen molar-refractivity contribution in [2.45, 2.75) is 31.9 Å². The average molecular weight is 392 g/mol. The number of aromatic nitrogens is 2. The van der Waals surface area contributed by atoms with Crippen molar-refractivity contribution < 1.29 is 24.1 Å². The van der Waals surface area contributed by atoms with Crippen LogP contribution < -0.4 is 16.1 Å². The molecule has 0 saturated heterocycles. The molecule has 28 heavy (non-hydrogen) atoms. The third-order valence-electron chi connectivity index (χ3n) is 4.27. The highest BCUT2D eigenvalue weighted by molar-refractivity contribution is 6.00. The van der Waals surface area contributed by atoms with Crippen LogP contribution in [0.4, 0.5) is 10.2 Å². The van der Waals surface area contributed by atoms with Gasteiger partial charge in [-0.15, -0.1) is 0 Å². The van der Waals surface area contributed by atoms with Crippen molar-refractivity contribution in [1.29, 1.82) is 0 Å². The Morgan fingerprint density at radius 2 is 2.29 bits per heavy atom. The summed E-state index contributed by atoms with van der Waals surface area (Å²) in [4.78, 5) is 16.2. The molecule has 0 bridgehead atoms. The van der Waals surface area contributed by atoms with Gasteiger partial charge in [0.05, 0.1) is 18.7 Å². The maximum absolute atomic E-state index is 13.6. The first-order valence-electron chi connectivity index (χ1n) is 8.75. The third-order valence-corrected chi connectivity index (χ3v) is 4.27. The Balaban J connectivity index is 1.73. The van der Waals surface area contributed by atoms with Crippen molar-refractivity contribution in [3.63, 3.8) is 0 Å². The van der Waals surface area contributed by atoms with Crippen molar-refractivity contribution in [2.24, 2.45) is 4.99 Å². The number of nitrogens with zero attached hydrogens (tertiary/aromatic N) is 3. The molecule has 3 rings (SSSR count). The SMILES string of the molecule is CC(O)CNC(=O)CNc1nonc1C(=NC1CCc2ccc(F)cc21)NO. The molecule has 1 aliphatic carbocycles. The van der Waals surface area contributed by atoms with Crippen molar-refractivity contribution in [3.8, 4) is 0 Å². The van der Waals surface area contributed by atoms with Crippen LogP contribution >= 0.6 is 0 Å². The number of rotatable bonds is 7. The summed E-state index contributed by atoms with van der Waals surface area (Å²) in [5, 5.41) is 31.3. The standard InChI is InChI=1S/C17H21FN6O4/c1-9(25)7-19-14(26)8-20-16-15(23-28-24-16)17(22-27)21-13-5-3-10-2-4-11(18)6-12(10)13/h2,4,6,9,13,25,27H,3,5,7-8H2,1H3,(H,19,26)(H,20,24)(H,21,22). The van der Waals surface area contributed by atoms with E-state index in [1.165, 1.54) is 12.1 Å². The first-order valence-corrected chi connectivity index (χ1v) is 8.75. The fourth-order valence-electron chi connectivity index (χ4n) is 2.93. The van der Waals surface area contributed by atoms with Gasteiger partial charge >= 0.3 is 0 Å². The molecule has 2 aromatic rings. The smallest absolute Gasteiger partial charge is 0.239 e. The molecule has 0 spiro atoms. The number of fused-ring (bicyclic) bond motifs is 1. The predicted molar refractivity (Wildman–Crippen MR) is 96.4 cm³/mol. The van der Waals surface area contributed by atoms with E-state index in [0.29, 0.717) is 6.42 Å². The van der Waals surface area contributed by atoms with Crippen LogP contribution in [0, 0.1) is 5.82 Å². The number of hydrogen-bond donors (Lipinski definition) is 5. The first-order chi connectivity index (χ1) is 13.5. The topological polar surface area (TPSA) is 145 Å². The van der Waals surface area contributed by atoms with E-state index in [9.17, 15) is 19.5 Å². The number of aliphatic hydroxyl groups excluding tert-OH is 1. The van der Waals surface area contributed by atoms with E-state index >= 15 is 0 Å². The molecule has 2 unspecified atom stereocenters. The monoisotopic (exact) mass is 392 g/mol. The Labute approximate surface area is 159 Å². The van der Waals surface area contributed by atoms with E-state index in [-0.39, 0.29) is 48.2 Å². The van der Waals surface area contributed by atoms with Crippen LogP contribution in [-0.4, -0.2) is 51.6 Å². The summed E-state index contributed by atoms with van der Waals surface area (Å²) >= 11 is 0. The summed E-state index contributed by atoms with van der Waals surface area (Å²) in [6.45, 7) is 1.52. The zero-order valence-corrected chi connectivity index (χ0v) is 15.1. The van der Waals surface area contributed by atoms with Gasteiger partial charge in [-0.2, -0.15) is 0 Å². The number of amides is 1. The summed E-state index contributed by atoms with van der Waals surface area (Å²) in [5.41, 5.74) is 3.79. The maximum atomic E-state index is 13.6. The number of nitrogens with one attached hydrogen (secondary N) is 3. The molecule has 5 N–H and O–H groups in total.